The third-order valence-corrected chi connectivity index (χ3v) is 26.0. The number of methoxy groups -OCH3 is 3. The maximum atomic E-state index is 14.8. The van der Waals surface area contributed by atoms with Crippen molar-refractivity contribution in [2.24, 2.45) is 35.5 Å². The number of aliphatic hydroxyl groups excluding tert-OH is 1. The Morgan fingerprint density at radius 2 is 1.32 bits per heavy atom. The molecule has 0 radical (unpaired) electrons. The summed E-state index contributed by atoms with van der Waals surface area (Å²) in [6.45, 7) is 21.4. The SMILES string of the molecule is CO[C@H]1C[C@@H]2CC[C@@H](C)[C@@](O)(O2)C(=O)C(=O)N2CCCC[C@H]2C(=O)O[C@H]([C@H](C)C[C@@H]2CC[C@@H](OC(=O)NCCOCCOCCOCCOCCOCCOCCOCCOCCC(=O)NCCS(=O)(=O)c3ccc(C(=O)N4CCOc5ccc(-c6ccc(N)nc6)cc5C4)c(C)c3)[C@H](OC)C2)CC[C@H](C)/C=C(\C)[C@@H](O)[C@@H](OC)C(=O)[C@H](C)C[C@H](C)/C=C/C=C/C=C/1C. The van der Waals surface area contributed by atoms with E-state index in [1.807, 2.05) is 95.3 Å². The molecule has 3 aromatic rings. The summed E-state index contributed by atoms with van der Waals surface area (Å²) in [7, 11) is 0.815. The minimum atomic E-state index is -3.78. The van der Waals surface area contributed by atoms with Crippen molar-refractivity contribution in [1.82, 2.24) is 25.4 Å². The van der Waals surface area contributed by atoms with Crippen LogP contribution in [0.25, 0.3) is 11.1 Å². The number of aryl methyl sites for hydroxylation is 1. The number of ether oxygens (including phenoxy) is 15. The van der Waals surface area contributed by atoms with Crippen molar-refractivity contribution in [1.29, 1.82) is 0 Å². The number of anilines is 1. The number of carbonyl (C=O) groups is 7. The van der Waals surface area contributed by atoms with Crippen LogP contribution in [-0.2, 0) is 107 Å². The maximum absolute atomic E-state index is 14.8. The van der Waals surface area contributed by atoms with E-state index < -0.39 is 100.0 Å². The number of nitrogens with two attached hydrogens (primary N) is 1. The molecule has 4 aliphatic heterocycles. The van der Waals surface area contributed by atoms with Crippen LogP contribution in [0.4, 0.5) is 10.6 Å². The van der Waals surface area contributed by atoms with E-state index in [0.717, 1.165) is 22.3 Å². The Labute approximate surface area is 755 Å². The molecular weight excluding hydrogens is 1670 g/mol. The predicted octanol–water partition coefficient (Wildman–Crippen LogP) is 9.84. The topological polar surface area (TPSA) is 402 Å². The molecule has 714 valence electrons. The molecule has 1 aromatic heterocycles. The zero-order valence-electron chi connectivity index (χ0n) is 76.9. The summed E-state index contributed by atoms with van der Waals surface area (Å²) in [5.41, 5.74) is 10.7. The molecule has 8 rings (SSSR count). The van der Waals surface area contributed by atoms with Crippen LogP contribution >= 0.6 is 0 Å². The second-order valence-corrected chi connectivity index (χ2v) is 36.3. The molecule has 2 aromatic carbocycles. The highest BCUT2D eigenvalue weighted by molar-refractivity contribution is 7.91. The number of amides is 4. The summed E-state index contributed by atoms with van der Waals surface area (Å²) in [5.74, 6) is -6.62. The van der Waals surface area contributed by atoms with Crippen molar-refractivity contribution in [2.75, 3.05) is 171 Å². The number of aliphatic hydroxyl groups is 2. The van der Waals surface area contributed by atoms with Crippen LogP contribution in [0.5, 0.6) is 5.75 Å². The fourth-order valence-corrected chi connectivity index (χ4v) is 18.0. The molecule has 2 bridgehead atoms. The number of nitrogens with one attached hydrogen (secondary N) is 2. The standard InChI is InChI=1S/C95H142N6O26S/c1-64-17-13-12-14-18-66(3)83(113-9)61-76-25-21-71(8)95(110,127-76)90(105)92(107)101-35-16-15-19-79(101)93(108)125-80(28-20-65(2)56-70(7)88(104)89(115-11)87(103)69(6)55-64)68(5)57-72-22-29-82(84(59-72)114-10)126-94(109)98-33-38-117-41-43-119-45-47-121-49-51-123-53-52-122-50-48-120-46-44-118-42-40-116-37-32-86(102)97-34-54-128(111,112)77-26-27-78(67(4)58-77)91(106)100-36-39-124-81-30-23-73(60-75(81)63-100)74-24-31-85(96)99-62-74/h12-14,17-18,23-24,26-27,30-31,56,58,60,62,64-65,68-69,71-72,76,79-80,82-84,88-89,104,110H,15-16,19-22,25,28-29,32-55,57,59,61,63H2,1-11H3,(H2,96,99)(H,97,102)(H,98,109)/b14-12+,17-13+,66-18+,70-56+/t64-,65+,68-,69-,71-,72+,76+,79+,80+,82-,83+,84-,88-,89+,95-/m1/s1. The van der Waals surface area contributed by atoms with E-state index in [1.54, 1.807) is 52.2 Å². The average molecular weight is 1820 g/mol. The van der Waals surface area contributed by atoms with Crippen LogP contribution in [-0.4, -0.2) is 295 Å². The van der Waals surface area contributed by atoms with Crippen molar-refractivity contribution in [3.63, 3.8) is 0 Å². The van der Waals surface area contributed by atoms with Gasteiger partial charge in [-0.1, -0.05) is 77.1 Å². The largest absolute Gasteiger partial charge is 0.491 e. The summed E-state index contributed by atoms with van der Waals surface area (Å²) >= 11 is 0. The molecule has 0 unspecified atom stereocenters. The van der Waals surface area contributed by atoms with Gasteiger partial charge in [0.1, 0.15) is 48.6 Å². The molecule has 15 atom stereocenters. The van der Waals surface area contributed by atoms with E-state index in [9.17, 15) is 52.2 Å². The highest BCUT2D eigenvalue weighted by atomic mass is 32.2. The van der Waals surface area contributed by atoms with E-state index in [2.05, 4.69) is 15.6 Å². The molecule has 2 saturated heterocycles. The van der Waals surface area contributed by atoms with Crippen molar-refractivity contribution in [3.05, 3.63) is 119 Å². The Bertz CT molecular complexity index is 4210. The lowest BCUT2D eigenvalue weighted by atomic mass is 9.78. The number of hydrogen-bond donors (Lipinski definition) is 5. The normalized spacial score (nSPS) is 26.8. The number of sulfone groups is 1. The van der Waals surface area contributed by atoms with Gasteiger partial charge >= 0.3 is 12.1 Å². The summed E-state index contributed by atoms with van der Waals surface area (Å²) < 4.78 is 113. The summed E-state index contributed by atoms with van der Waals surface area (Å²) in [6, 6.07) is 12.7. The number of piperidine rings is 1. The average Bonchev–Trinajstić information content (AvgIpc) is 0.813. The number of esters is 1. The first-order valence-electron chi connectivity index (χ1n) is 45.4. The molecule has 6 N–H and O–H groups in total. The number of carbonyl (C=O) groups excluding carboxylic acids is 7. The number of alkyl carbamates (subject to hydrolysis) is 1. The van der Waals surface area contributed by atoms with Gasteiger partial charge in [0.25, 0.3) is 17.6 Å². The van der Waals surface area contributed by atoms with E-state index in [-0.39, 0.29) is 104 Å². The van der Waals surface area contributed by atoms with Crippen molar-refractivity contribution >= 4 is 57.0 Å². The van der Waals surface area contributed by atoms with Crippen LogP contribution in [0, 0.1) is 42.4 Å². The molecule has 1 aliphatic carbocycles. The Morgan fingerprint density at radius 1 is 0.664 bits per heavy atom. The van der Waals surface area contributed by atoms with Crippen molar-refractivity contribution in [2.45, 2.75) is 211 Å². The van der Waals surface area contributed by atoms with Gasteiger partial charge in [0.15, 0.2) is 15.6 Å². The summed E-state index contributed by atoms with van der Waals surface area (Å²) in [6.07, 6.45) is 14.2. The Kier molecular flexibility index (Phi) is 45.6. The van der Waals surface area contributed by atoms with Gasteiger partial charge in [-0.3, -0.25) is 24.0 Å². The van der Waals surface area contributed by atoms with Gasteiger partial charge in [0.2, 0.25) is 11.7 Å². The molecule has 32 nitrogen and oxygen atoms in total. The number of allylic oxidation sites excluding steroid dienone is 6. The molecule has 3 fully saturated rings. The first kappa shape index (κ1) is 105. The second-order valence-electron chi connectivity index (χ2n) is 34.2. The van der Waals surface area contributed by atoms with Crippen LogP contribution in [0.3, 0.4) is 0 Å². The van der Waals surface area contributed by atoms with Gasteiger partial charge < -0.3 is 107 Å². The number of rotatable bonds is 40. The maximum Gasteiger partial charge on any atom is 0.407 e. The molecule has 1 saturated carbocycles. The lowest BCUT2D eigenvalue weighted by Gasteiger charge is -2.42. The number of ketones is 2. The molecule has 33 heteroatoms. The van der Waals surface area contributed by atoms with Gasteiger partial charge in [0, 0.05) is 95.1 Å². The van der Waals surface area contributed by atoms with Crippen LogP contribution in [0.15, 0.2) is 107 Å². The second kappa shape index (κ2) is 55.4. The molecule has 5 heterocycles. The Hall–Kier alpha value is -7.97. The fourth-order valence-electron chi connectivity index (χ4n) is 16.7. The third-order valence-electron chi connectivity index (χ3n) is 24.3. The summed E-state index contributed by atoms with van der Waals surface area (Å²) in [4.78, 5) is 104. The number of pyridine rings is 1. The lowest BCUT2D eigenvalue weighted by Crippen LogP contribution is -2.61. The highest BCUT2D eigenvalue weighted by Crippen LogP contribution is 2.40. The molecule has 0 spiro atoms. The summed E-state index contributed by atoms with van der Waals surface area (Å²) in [5, 5.41) is 29.2. The quantitative estimate of drug-likeness (QED) is 0.0153. The van der Waals surface area contributed by atoms with Crippen LogP contribution < -0.4 is 21.1 Å². The Morgan fingerprint density at radius 3 is 1.95 bits per heavy atom. The third kappa shape index (κ3) is 34.0. The van der Waals surface area contributed by atoms with E-state index in [1.165, 1.54) is 30.2 Å². The molecular formula is C95H142N6O26S. The van der Waals surface area contributed by atoms with Crippen LogP contribution in [0.1, 0.15) is 160 Å². The fraction of sp³-hybridized carbons (Fsp3) is 0.663. The zero-order chi connectivity index (χ0) is 92.6. The minimum Gasteiger partial charge on any atom is -0.491 e. The number of cyclic esters (lactones) is 1. The molecule has 4 amide bonds. The number of benzene rings is 2. The van der Waals surface area contributed by atoms with E-state index in [0.29, 0.717) is 211 Å². The molecule has 5 aliphatic rings. The lowest BCUT2D eigenvalue weighted by molar-refractivity contribution is -0.265. The number of Topliss-reactive ketones (excluding diaryl/α,β-unsaturated/α-hetero) is 2. The first-order valence-corrected chi connectivity index (χ1v) is 47.1. The number of nitrogens with zero attached hydrogens (tertiary/aromatic N) is 3. The first-order chi connectivity index (χ1) is 61.5. The highest BCUT2D eigenvalue weighted by Gasteiger charge is 2.53. The van der Waals surface area contributed by atoms with Crippen LogP contribution in [0.2, 0.25) is 0 Å². The van der Waals surface area contributed by atoms with Crippen molar-refractivity contribution in [3.8, 4) is 16.9 Å². The van der Waals surface area contributed by atoms with Gasteiger partial charge in [-0.25, -0.2) is 23.0 Å². The van der Waals surface area contributed by atoms with E-state index >= 15 is 0 Å². The molecule has 128 heavy (non-hydrogen) atoms. The number of aromatic nitrogens is 1. The predicted molar refractivity (Wildman–Crippen MR) is 479 cm³/mol. The van der Waals surface area contributed by atoms with Gasteiger partial charge in [-0.05, 0) is 186 Å². The van der Waals surface area contributed by atoms with Gasteiger partial charge in [0.05, 0.1) is 141 Å². The number of fused-ring (bicyclic) bond motifs is 4. The van der Waals surface area contributed by atoms with Crippen molar-refractivity contribution < 1.29 is 123 Å². The zero-order valence-corrected chi connectivity index (χ0v) is 77.7. The van der Waals surface area contributed by atoms with Gasteiger partial charge in [-0.2, -0.15) is 0 Å². The number of nitrogen functional groups attached to an aromatic ring is 1. The monoisotopic (exact) mass is 1810 g/mol. The number of hydrogen-bond acceptors (Lipinski definition) is 28. The smallest absolute Gasteiger partial charge is 0.407 e. The minimum absolute atomic E-state index is 0.0256. The van der Waals surface area contributed by atoms with Gasteiger partial charge in [-0.15, -0.1) is 0 Å². The Balaban J connectivity index is 0.637. The van der Waals surface area contributed by atoms with E-state index in [4.69, 9.17) is 76.8 Å².